The fraction of sp³-hybridized carbons (Fsp3) is 0.0769. The number of anilines is 1. The third-order valence-corrected chi connectivity index (χ3v) is 4.25. The molecule has 0 unspecified atom stereocenters. The number of rotatable bonds is 5. The number of aromatic carboxylic acids is 1. The Hall–Kier alpha value is -1.93. The van der Waals surface area contributed by atoms with E-state index in [9.17, 15) is 13.2 Å². The Morgan fingerprint density at radius 1 is 1.19 bits per heavy atom. The number of sulfonamides is 1. The highest BCUT2D eigenvalue weighted by Gasteiger charge is 2.13. The van der Waals surface area contributed by atoms with Crippen molar-refractivity contribution >= 4 is 37.7 Å². The lowest BCUT2D eigenvalue weighted by Crippen LogP contribution is -2.16. The van der Waals surface area contributed by atoms with E-state index in [4.69, 9.17) is 5.11 Å². The van der Waals surface area contributed by atoms with Crippen molar-refractivity contribution in [1.29, 1.82) is 0 Å². The van der Waals surface area contributed by atoms with Gasteiger partial charge in [-0.1, -0.05) is 12.1 Å². The normalized spacial score (nSPS) is 11.1. The minimum Gasteiger partial charge on any atom is -0.478 e. The molecule has 0 amide bonds. The Balaban J connectivity index is 2.10. The summed E-state index contributed by atoms with van der Waals surface area (Å²) in [7, 11) is -3.61. The molecule has 2 aromatic rings. The molecule has 2 rings (SSSR count). The number of pyridine rings is 1. The molecule has 0 fully saturated rings. The van der Waals surface area contributed by atoms with Crippen LogP contribution < -0.4 is 4.72 Å². The van der Waals surface area contributed by atoms with Gasteiger partial charge < -0.3 is 5.11 Å². The smallest absolute Gasteiger partial charge is 0.335 e. The molecule has 0 aliphatic rings. The predicted molar refractivity (Wildman–Crippen MR) is 81.6 cm³/mol. The lowest BCUT2D eigenvalue weighted by Gasteiger charge is -2.07. The molecule has 6 nitrogen and oxygen atoms in total. The third-order valence-electron chi connectivity index (χ3n) is 2.55. The van der Waals surface area contributed by atoms with E-state index >= 15 is 0 Å². The highest BCUT2D eigenvalue weighted by molar-refractivity contribution is 9.10. The SMILES string of the molecule is O=C(O)c1ccc(CS(=O)(=O)Nc2ccc(Br)cn2)cc1. The van der Waals surface area contributed by atoms with E-state index in [0.29, 0.717) is 5.56 Å². The summed E-state index contributed by atoms with van der Waals surface area (Å²) in [5.41, 5.74) is 0.600. The van der Waals surface area contributed by atoms with Crippen molar-refractivity contribution in [2.45, 2.75) is 5.75 Å². The molecular weight excluding hydrogens is 360 g/mol. The van der Waals surface area contributed by atoms with E-state index in [0.717, 1.165) is 4.47 Å². The van der Waals surface area contributed by atoms with Gasteiger partial charge in [0, 0.05) is 10.7 Å². The molecule has 2 N–H and O–H groups in total. The quantitative estimate of drug-likeness (QED) is 0.842. The molecule has 0 saturated carbocycles. The van der Waals surface area contributed by atoms with Gasteiger partial charge in [0.2, 0.25) is 10.0 Å². The Morgan fingerprint density at radius 3 is 2.38 bits per heavy atom. The van der Waals surface area contributed by atoms with Crippen LogP contribution >= 0.6 is 15.9 Å². The van der Waals surface area contributed by atoms with Gasteiger partial charge in [-0.25, -0.2) is 18.2 Å². The van der Waals surface area contributed by atoms with Gasteiger partial charge in [-0.15, -0.1) is 0 Å². The topological polar surface area (TPSA) is 96.4 Å². The second-order valence-corrected chi connectivity index (χ2v) is 6.86. The summed E-state index contributed by atoms with van der Waals surface area (Å²) in [6.45, 7) is 0. The number of halogens is 1. The van der Waals surface area contributed by atoms with E-state index in [1.54, 1.807) is 6.07 Å². The van der Waals surface area contributed by atoms with Crippen LogP contribution in [0.2, 0.25) is 0 Å². The highest BCUT2D eigenvalue weighted by atomic mass is 79.9. The molecular formula is C13H11BrN2O4S. The molecule has 8 heteroatoms. The molecule has 0 spiro atoms. The fourth-order valence-electron chi connectivity index (χ4n) is 1.59. The van der Waals surface area contributed by atoms with Crippen LogP contribution in [0.15, 0.2) is 47.1 Å². The van der Waals surface area contributed by atoms with Crippen LogP contribution in [0.25, 0.3) is 0 Å². The van der Waals surface area contributed by atoms with Crippen molar-refractivity contribution in [3.63, 3.8) is 0 Å². The summed E-state index contributed by atoms with van der Waals surface area (Å²) in [6, 6.07) is 8.88. The zero-order chi connectivity index (χ0) is 15.5. The first-order valence-corrected chi connectivity index (χ1v) is 8.24. The number of carboxylic acids is 1. The lowest BCUT2D eigenvalue weighted by atomic mass is 10.1. The van der Waals surface area contributed by atoms with E-state index in [1.807, 2.05) is 0 Å². The summed E-state index contributed by atoms with van der Waals surface area (Å²) in [6.07, 6.45) is 1.49. The first-order chi connectivity index (χ1) is 9.85. The molecule has 0 aliphatic carbocycles. The monoisotopic (exact) mass is 370 g/mol. The maximum Gasteiger partial charge on any atom is 0.335 e. The van der Waals surface area contributed by atoms with Crippen LogP contribution in [0, 0.1) is 0 Å². The van der Waals surface area contributed by atoms with E-state index < -0.39 is 16.0 Å². The summed E-state index contributed by atoms with van der Waals surface area (Å²) < 4.78 is 27.1. The molecule has 0 atom stereocenters. The molecule has 21 heavy (non-hydrogen) atoms. The number of hydrogen-bond donors (Lipinski definition) is 2. The van der Waals surface area contributed by atoms with Crippen LogP contribution in [0.5, 0.6) is 0 Å². The summed E-state index contributed by atoms with van der Waals surface area (Å²) >= 11 is 3.21. The van der Waals surface area contributed by atoms with Crippen LogP contribution in [-0.4, -0.2) is 24.5 Å². The van der Waals surface area contributed by atoms with E-state index in [2.05, 4.69) is 25.6 Å². The number of nitrogens with zero attached hydrogens (tertiary/aromatic N) is 1. The molecule has 1 aromatic heterocycles. The summed E-state index contributed by atoms with van der Waals surface area (Å²) in [5.74, 6) is -1.09. The first-order valence-electron chi connectivity index (χ1n) is 5.80. The Morgan fingerprint density at radius 2 is 1.86 bits per heavy atom. The second kappa shape index (κ2) is 6.23. The average Bonchev–Trinajstić information content (AvgIpc) is 2.41. The fourth-order valence-corrected chi connectivity index (χ4v) is 2.97. The summed E-state index contributed by atoms with van der Waals surface area (Å²) in [5, 5.41) is 8.78. The second-order valence-electron chi connectivity index (χ2n) is 4.22. The van der Waals surface area contributed by atoms with Gasteiger partial charge in [0.05, 0.1) is 11.3 Å². The van der Waals surface area contributed by atoms with Crippen LogP contribution in [0.3, 0.4) is 0 Å². The minimum atomic E-state index is -3.61. The van der Waals surface area contributed by atoms with Gasteiger partial charge in [-0.3, -0.25) is 4.72 Å². The first kappa shape index (κ1) is 15.5. The van der Waals surface area contributed by atoms with Gasteiger partial charge in [-0.2, -0.15) is 0 Å². The maximum atomic E-state index is 12.0. The maximum absolute atomic E-state index is 12.0. The predicted octanol–water partition coefficient (Wildman–Crippen LogP) is 2.48. The van der Waals surface area contributed by atoms with Crippen molar-refractivity contribution in [1.82, 2.24) is 4.98 Å². The third kappa shape index (κ3) is 4.54. The number of benzene rings is 1. The van der Waals surface area contributed by atoms with Gasteiger partial charge in [0.25, 0.3) is 0 Å². The largest absolute Gasteiger partial charge is 0.478 e. The van der Waals surface area contributed by atoms with Crippen LogP contribution in [0.1, 0.15) is 15.9 Å². The molecule has 0 bridgehead atoms. The van der Waals surface area contributed by atoms with Crippen molar-refractivity contribution in [2.24, 2.45) is 0 Å². The van der Waals surface area contributed by atoms with Crippen molar-refractivity contribution in [3.05, 3.63) is 58.2 Å². The molecule has 1 heterocycles. The standard InChI is InChI=1S/C13H11BrN2O4S/c14-11-5-6-12(15-7-11)16-21(19,20)8-9-1-3-10(4-2-9)13(17)18/h1-7H,8H2,(H,15,16)(H,17,18). The zero-order valence-corrected chi connectivity index (χ0v) is 13.1. The number of aromatic nitrogens is 1. The number of carboxylic acid groups (broad SMARTS) is 1. The highest BCUT2D eigenvalue weighted by Crippen LogP contribution is 2.14. The molecule has 0 aliphatic heterocycles. The Labute approximate surface area is 130 Å². The molecule has 0 radical (unpaired) electrons. The average molecular weight is 371 g/mol. The van der Waals surface area contributed by atoms with Crippen molar-refractivity contribution in [2.75, 3.05) is 4.72 Å². The Bertz CT molecular complexity index is 743. The van der Waals surface area contributed by atoms with E-state index in [1.165, 1.54) is 36.5 Å². The lowest BCUT2D eigenvalue weighted by molar-refractivity contribution is 0.0697. The van der Waals surface area contributed by atoms with E-state index in [-0.39, 0.29) is 17.1 Å². The molecule has 110 valence electrons. The number of carbonyl (C=O) groups is 1. The van der Waals surface area contributed by atoms with Crippen molar-refractivity contribution < 1.29 is 18.3 Å². The van der Waals surface area contributed by atoms with Crippen molar-refractivity contribution in [3.8, 4) is 0 Å². The molecule has 1 aromatic carbocycles. The van der Waals surface area contributed by atoms with Gasteiger partial charge in [0.1, 0.15) is 5.82 Å². The number of nitrogens with one attached hydrogen (secondary N) is 1. The zero-order valence-electron chi connectivity index (χ0n) is 10.7. The van der Waals surface area contributed by atoms with Crippen LogP contribution in [-0.2, 0) is 15.8 Å². The Kier molecular flexibility index (Phi) is 4.59. The van der Waals surface area contributed by atoms with Crippen LogP contribution in [0.4, 0.5) is 5.82 Å². The summed E-state index contributed by atoms with van der Waals surface area (Å²) in [4.78, 5) is 14.7. The van der Waals surface area contributed by atoms with Gasteiger partial charge in [0.15, 0.2) is 0 Å². The number of hydrogen-bond acceptors (Lipinski definition) is 4. The van der Waals surface area contributed by atoms with Gasteiger partial charge >= 0.3 is 5.97 Å². The molecule has 0 saturated heterocycles. The van der Waals surface area contributed by atoms with Gasteiger partial charge in [-0.05, 0) is 45.8 Å². The minimum absolute atomic E-state index is 0.110.